The number of halogens is 6. The summed E-state index contributed by atoms with van der Waals surface area (Å²) in [5.41, 5.74) is 7.62. The maximum atomic E-state index is 14.1. The van der Waals surface area contributed by atoms with Gasteiger partial charge in [-0.15, -0.1) is 0 Å². The molecular formula is C19H20F6N4. The number of nitrogens with two attached hydrogens (primary N) is 1. The zero-order chi connectivity index (χ0) is 20.9. The maximum Gasteiger partial charge on any atom is 0.408 e. The fourth-order valence-corrected chi connectivity index (χ4v) is 4.52. The van der Waals surface area contributed by atoms with Gasteiger partial charge in [-0.2, -0.15) is 18.3 Å². The fourth-order valence-electron chi connectivity index (χ4n) is 4.52. The lowest BCUT2D eigenvalue weighted by molar-refractivity contribution is -0.143. The molecule has 29 heavy (non-hydrogen) atoms. The van der Waals surface area contributed by atoms with Gasteiger partial charge in [-0.05, 0) is 30.9 Å². The zero-order valence-electron chi connectivity index (χ0n) is 15.4. The molecular weight excluding hydrogens is 398 g/mol. The molecule has 1 saturated carbocycles. The van der Waals surface area contributed by atoms with Crippen LogP contribution >= 0.6 is 0 Å². The van der Waals surface area contributed by atoms with Crippen LogP contribution in [0.5, 0.6) is 0 Å². The van der Waals surface area contributed by atoms with Crippen LogP contribution in [0.4, 0.5) is 26.3 Å². The predicted octanol–water partition coefficient (Wildman–Crippen LogP) is 3.84. The number of hydrogen-bond donors (Lipinski definition) is 1. The van der Waals surface area contributed by atoms with Crippen molar-refractivity contribution in [3.8, 4) is 0 Å². The SMILES string of the molecule is NC1C[C@@H](N2Cc3cnn(CC(F)(F)F)c3C2)CCC1c1cc(F)c(F)cc1F. The minimum Gasteiger partial charge on any atom is -0.327 e. The Bertz CT molecular complexity index is 909. The molecule has 0 radical (unpaired) electrons. The van der Waals surface area contributed by atoms with Gasteiger partial charge in [0.15, 0.2) is 11.6 Å². The molecule has 3 atom stereocenters. The van der Waals surface area contributed by atoms with Crippen LogP contribution in [-0.4, -0.2) is 32.9 Å². The third-order valence-corrected chi connectivity index (χ3v) is 5.92. The molecule has 2 aromatic rings. The summed E-state index contributed by atoms with van der Waals surface area (Å²) in [7, 11) is 0. The standard InChI is InChI=1S/C19H20F6N4/c20-14-5-16(22)15(21)4-13(14)12-2-1-11(3-17(12)26)28-7-10-6-27-29(18(10)8-28)9-19(23,24)25/h4-6,11-12,17H,1-3,7-9,26H2/t11-,12?,17?/m0/s1. The molecule has 10 heteroatoms. The number of benzene rings is 1. The second-order valence-corrected chi connectivity index (χ2v) is 7.82. The topological polar surface area (TPSA) is 47.1 Å². The Morgan fingerprint density at radius 2 is 1.76 bits per heavy atom. The highest BCUT2D eigenvalue weighted by Crippen LogP contribution is 2.38. The van der Waals surface area contributed by atoms with Gasteiger partial charge >= 0.3 is 6.18 Å². The highest BCUT2D eigenvalue weighted by atomic mass is 19.4. The molecule has 2 unspecified atom stereocenters. The van der Waals surface area contributed by atoms with E-state index >= 15 is 0 Å². The molecule has 1 aromatic carbocycles. The molecule has 2 N–H and O–H groups in total. The molecule has 158 valence electrons. The van der Waals surface area contributed by atoms with Gasteiger partial charge in [-0.25, -0.2) is 13.2 Å². The fraction of sp³-hybridized carbons (Fsp3) is 0.526. The summed E-state index contributed by atoms with van der Waals surface area (Å²) in [5, 5.41) is 3.83. The maximum absolute atomic E-state index is 14.1. The van der Waals surface area contributed by atoms with Crippen molar-refractivity contribution >= 4 is 0 Å². The molecule has 2 heterocycles. The van der Waals surface area contributed by atoms with Crippen molar-refractivity contribution in [1.29, 1.82) is 0 Å². The molecule has 1 aliphatic heterocycles. The van der Waals surface area contributed by atoms with Gasteiger partial charge in [0.05, 0.1) is 11.9 Å². The molecule has 4 rings (SSSR count). The Kier molecular flexibility index (Phi) is 5.10. The van der Waals surface area contributed by atoms with Crippen molar-refractivity contribution in [2.45, 2.75) is 63.1 Å². The molecule has 0 amide bonds. The molecule has 0 bridgehead atoms. The van der Waals surface area contributed by atoms with Crippen LogP contribution in [0.2, 0.25) is 0 Å². The second kappa shape index (κ2) is 7.32. The quantitative estimate of drug-likeness (QED) is 0.609. The average molecular weight is 418 g/mol. The van der Waals surface area contributed by atoms with Gasteiger partial charge in [0, 0.05) is 42.7 Å². The summed E-state index contributed by atoms with van der Waals surface area (Å²) < 4.78 is 80.0. The van der Waals surface area contributed by atoms with Crippen molar-refractivity contribution in [3.63, 3.8) is 0 Å². The van der Waals surface area contributed by atoms with E-state index in [2.05, 4.69) is 10.00 Å². The Morgan fingerprint density at radius 3 is 2.45 bits per heavy atom. The van der Waals surface area contributed by atoms with E-state index in [1.54, 1.807) is 0 Å². The summed E-state index contributed by atoms with van der Waals surface area (Å²) in [6.45, 7) is -0.306. The lowest BCUT2D eigenvalue weighted by atomic mass is 9.77. The summed E-state index contributed by atoms with van der Waals surface area (Å²) in [6, 6.07) is 0.949. The van der Waals surface area contributed by atoms with E-state index in [0.717, 1.165) is 16.3 Å². The van der Waals surface area contributed by atoms with E-state index in [-0.39, 0.29) is 11.6 Å². The second-order valence-electron chi connectivity index (χ2n) is 7.82. The van der Waals surface area contributed by atoms with E-state index in [1.165, 1.54) is 6.20 Å². The average Bonchev–Trinajstić information content (AvgIpc) is 3.19. The smallest absolute Gasteiger partial charge is 0.327 e. The van der Waals surface area contributed by atoms with Gasteiger partial charge in [-0.3, -0.25) is 9.58 Å². The van der Waals surface area contributed by atoms with Gasteiger partial charge in [0.2, 0.25) is 0 Å². The predicted molar refractivity (Wildman–Crippen MR) is 92.2 cm³/mol. The number of fused-ring (bicyclic) bond motifs is 1. The molecule has 1 aromatic heterocycles. The summed E-state index contributed by atoms with van der Waals surface area (Å²) >= 11 is 0. The summed E-state index contributed by atoms with van der Waals surface area (Å²) in [6.07, 6.45) is -1.28. The minimum atomic E-state index is -4.35. The highest BCUT2D eigenvalue weighted by Gasteiger charge is 2.38. The van der Waals surface area contributed by atoms with Crippen molar-refractivity contribution < 1.29 is 26.3 Å². The lowest BCUT2D eigenvalue weighted by Gasteiger charge is -2.38. The largest absolute Gasteiger partial charge is 0.408 e. The molecule has 4 nitrogen and oxygen atoms in total. The number of nitrogens with zero attached hydrogens (tertiary/aromatic N) is 3. The third-order valence-electron chi connectivity index (χ3n) is 5.92. The number of hydrogen-bond acceptors (Lipinski definition) is 3. The molecule has 2 aliphatic rings. The van der Waals surface area contributed by atoms with Gasteiger partial charge in [0.25, 0.3) is 0 Å². The van der Waals surface area contributed by atoms with Crippen LogP contribution in [-0.2, 0) is 19.6 Å². The summed E-state index contributed by atoms with van der Waals surface area (Å²) in [4.78, 5) is 2.05. The van der Waals surface area contributed by atoms with Crippen LogP contribution in [0.15, 0.2) is 18.3 Å². The molecule has 0 saturated heterocycles. The number of alkyl halides is 3. The Morgan fingerprint density at radius 1 is 1.03 bits per heavy atom. The first kappa shape index (κ1) is 20.2. The zero-order valence-corrected chi connectivity index (χ0v) is 15.4. The Balaban J connectivity index is 1.44. The van der Waals surface area contributed by atoms with E-state index in [9.17, 15) is 26.3 Å². The monoisotopic (exact) mass is 418 g/mol. The van der Waals surface area contributed by atoms with Crippen LogP contribution in [0, 0.1) is 17.5 Å². The van der Waals surface area contributed by atoms with E-state index in [0.29, 0.717) is 44.1 Å². The van der Waals surface area contributed by atoms with Crippen molar-refractivity contribution in [2.24, 2.45) is 5.73 Å². The number of aromatic nitrogens is 2. The first-order valence-corrected chi connectivity index (χ1v) is 9.36. The first-order valence-electron chi connectivity index (χ1n) is 9.36. The van der Waals surface area contributed by atoms with Crippen LogP contribution in [0.3, 0.4) is 0 Å². The van der Waals surface area contributed by atoms with E-state index in [1.807, 2.05) is 0 Å². The van der Waals surface area contributed by atoms with Crippen molar-refractivity contribution in [2.75, 3.05) is 0 Å². The lowest BCUT2D eigenvalue weighted by Crippen LogP contribution is -2.44. The summed E-state index contributed by atoms with van der Waals surface area (Å²) in [5.74, 6) is -3.60. The van der Waals surface area contributed by atoms with Gasteiger partial charge in [0.1, 0.15) is 12.4 Å². The van der Waals surface area contributed by atoms with E-state index in [4.69, 9.17) is 5.73 Å². The molecule has 0 spiro atoms. The van der Waals surface area contributed by atoms with Crippen molar-refractivity contribution in [3.05, 3.63) is 52.6 Å². The highest BCUT2D eigenvalue weighted by molar-refractivity contribution is 5.27. The van der Waals surface area contributed by atoms with E-state index < -0.39 is 42.1 Å². The van der Waals surface area contributed by atoms with Crippen molar-refractivity contribution in [1.82, 2.24) is 14.7 Å². The van der Waals surface area contributed by atoms with Gasteiger partial charge in [-0.1, -0.05) is 0 Å². The normalized spacial score (nSPS) is 25.4. The minimum absolute atomic E-state index is 0.0151. The first-order chi connectivity index (χ1) is 13.6. The van der Waals surface area contributed by atoms with Crippen LogP contribution in [0.25, 0.3) is 0 Å². The van der Waals surface area contributed by atoms with Crippen LogP contribution in [0.1, 0.15) is 42.0 Å². The number of rotatable bonds is 3. The molecule has 1 aliphatic carbocycles. The Hall–Kier alpha value is -2.07. The van der Waals surface area contributed by atoms with Gasteiger partial charge < -0.3 is 5.73 Å². The third kappa shape index (κ3) is 4.00. The molecule has 1 fully saturated rings. The Labute approximate surface area is 163 Å². The van der Waals surface area contributed by atoms with Crippen LogP contribution < -0.4 is 5.73 Å².